The Morgan fingerprint density at radius 1 is 0.373 bits per heavy atom. The van der Waals surface area contributed by atoms with Crippen molar-refractivity contribution in [3.05, 3.63) is 146 Å². The number of esters is 2. The number of nitrogens with zero attached hydrogens (tertiary/aromatic N) is 1. The molecule has 0 aliphatic rings. The molecule has 0 rings (SSSR count). The van der Waals surface area contributed by atoms with Gasteiger partial charge in [-0.3, -0.25) is 9.59 Å². The van der Waals surface area contributed by atoms with Gasteiger partial charge < -0.3 is 33.3 Å². The lowest BCUT2D eigenvalue weighted by molar-refractivity contribution is -0.870. The Balaban J connectivity index is 4.19. The predicted molar refractivity (Wildman–Crippen MR) is 352 cm³/mol. The fraction of sp³-hybridized carbons (Fsp3) is 0.635. The topological polar surface area (TPSA) is 111 Å². The summed E-state index contributed by atoms with van der Waals surface area (Å²) in [6, 6.07) is 0. The molecule has 2 atom stereocenters. The van der Waals surface area contributed by atoms with Crippen molar-refractivity contribution < 1.29 is 42.9 Å². The van der Waals surface area contributed by atoms with Crippen molar-refractivity contribution in [1.29, 1.82) is 0 Å². The van der Waals surface area contributed by atoms with Gasteiger partial charge in [-0.05, 0) is 122 Å². The third kappa shape index (κ3) is 64.6. The maximum Gasteiger partial charge on any atom is 0.306 e. The van der Waals surface area contributed by atoms with Gasteiger partial charge in [-0.25, -0.2) is 0 Å². The molecule has 9 nitrogen and oxygen atoms in total. The van der Waals surface area contributed by atoms with Crippen LogP contribution in [0, 0.1) is 0 Å². The van der Waals surface area contributed by atoms with E-state index in [0.29, 0.717) is 17.4 Å². The van der Waals surface area contributed by atoms with Crippen LogP contribution in [0.5, 0.6) is 0 Å². The summed E-state index contributed by atoms with van der Waals surface area (Å²) in [6.45, 7) is 4.60. The van der Waals surface area contributed by atoms with Crippen LogP contribution in [0.3, 0.4) is 0 Å². The van der Waals surface area contributed by atoms with Gasteiger partial charge in [0.1, 0.15) is 13.2 Å². The number of hydrogen-bond donors (Lipinski definition) is 0. The maximum absolute atomic E-state index is 12.9. The zero-order chi connectivity index (χ0) is 60.5. The van der Waals surface area contributed by atoms with Gasteiger partial charge in [0, 0.05) is 12.8 Å². The first-order chi connectivity index (χ1) is 40.6. The minimum atomic E-state index is -1.63. The van der Waals surface area contributed by atoms with Gasteiger partial charge >= 0.3 is 11.9 Å². The number of carboxylic acids is 1. The monoisotopic (exact) mass is 1150 g/mol. The van der Waals surface area contributed by atoms with Crippen LogP contribution in [0.1, 0.15) is 245 Å². The van der Waals surface area contributed by atoms with Gasteiger partial charge in [0.15, 0.2) is 12.4 Å². The number of unbranched alkanes of at least 4 members (excludes halogenated alkanes) is 20. The Hall–Kier alpha value is -4.83. The summed E-state index contributed by atoms with van der Waals surface area (Å²) in [5.74, 6) is -2.31. The second-order valence-corrected chi connectivity index (χ2v) is 22.7. The van der Waals surface area contributed by atoms with E-state index in [2.05, 4.69) is 160 Å². The van der Waals surface area contributed by atoms with E-state index in [1.807, 2.05) is 21.1 Å². The van der Waals surface area contributed by atoms with E-state index < -0.39 is 24.3 Å². The Bertz CT molecular complexity index is 1870. The number of quaternary nitrogens is 1. The number of rotatable bonds is 59. The Kier molecular flexibility index (Phi) is 59.5. The highest BCUT2D eigenvalue weighted by molar-refractivity contribution is 5.70. The smallest absolute Gasteiger partial charge is 0.306 e. The summed E-state index contributed by atoms with van der Waals surface area (Å²) >= 11 is 0. The summed E-state index contributed by atoms with van der Waals surface area (Å²) in [4.78, 5) is 37.4. The zero-order valence-corrected chi connectivity index (χ0v) is 53.5. The average molecular weight is 1150 g/mol. The molecule has 9 heteroatoms. The van der Waals surface area contributed by atoms with E-state index in [4.69, 9.17) is 18.9 Å². The van der Waals surface area contributed by atoms with Gasteiger partial charge in [0.25, 0.3) is 0 Å². The molecule has 0 fully saturated rings. The van der Waals surface area contributed by atoms with Crippen LogP contribution in [0.4, 0.5) is 0 Å². The van der Waals surface area contributed by atoms with Gasteiger partial charge in [0.2, 0.25) is 0 Å². The minimum absolute atomic E-state index is 0.138. The molecule has 0 aromatic rings. The molecule has 0 radical (unpaired) electrons. The number of hydrogen-bond acceptors (Lipinski definition) is 8. The minimum Gasteiger partial charge on any atom is -0.545 e. The molecule has 0 saturated heterocycles. The third-order valence-electron chi connectivity index (χ3n) is 13.6. The molecule has 0 saturated carbocycles. The standard InChI is InChI=1S/C74H121NO8/c1-6-8-10-12-14-16-18-20-22-24-25-26-27-28-29-30-31-32-33-34-35-36-37-38-39-40-41-42-43-44-45-46-47-49-51-53-55-57-59-61-63-65-72(77)83-70(69-82-74(73(78)79)80-67-66-75(3,4)5)68-81-71(76)64-62-60-58-56-54-52-50-48-23-21-19-17-15-13-11-9-7-2/h8,10,14,16,20-23,25-26,28-29,31-32,34-35,37-38,40-41,43-44,46-47,70,74H,6-7,9,11-13,15,17-19,24,27,30,33,36,39,42,45,48-69H2,1-5H3/b10-8-,16-14-,22-20-,23-21-,26-25-,29-28-,32-31-,35-34-,38-37-,41-40-,44-43-,47-46-. The van der Waals surface area contributed by atoms with Crippen molar-refractivity contribution in [2.24, 2.45) is 0 Å². The first kappa shape index (κ1) is 78.2. The highest BCUT2D eigenvalue weighted by Crippen LogP contribution is 2.15. The molecule has 0 aromatic carbocycles. The predicted octanol–water partition coefficient (Wildman–Crippen LogP) is 19.0. The molecule has 0 heterocycles. The molecule has 83 heavy (non-hydrogen) atoms. The molecule has 0 aliphatic carbocycles. The van der Waals surface area contributed by atoms with Crippen molar-refractivity contribution in [2.45, 2.75) is 257 Å². The summed E-state index contributed by atoms with van der Waals surface area (Å²) in [5, 5.41) is 11.8. The lowest BCUT2D eigenvalue weighted by Gasteiger charge is -2.26. The van der Waals surface area contributed by atoms with Gasteiger partial charge in [-0.1, -0.05) is 256 Å². The van der Waals surface area contributed by atoms with Crippen molar-refractivity contribution in [3.63, 3.8) is 0 Å². The highest BCUT2D eigenvalue weighted by Gasteiger charge is 2.22. The van der Waals surface area contributed by atoms with E-state index in [1.54, 1.807) is 0 Å². The molecule has 0 amide bonds. The highest BCUT2D eigenvalue weighted by atomic mass is 16.7. The summed E-state index contributed by atoms with van der Waals surface area (Å²) in [7, 11) is 5.91. The van der Waals surface area contributed by atoms with Gasteiger partial charge in [-0.15, -0.1) is 0 Å². The van der Waals surface area contributed by atoms with Crippen molar-refractivity contribution in [3.8, 4) is 0 Å². The molecule has 0 spiro atoms. The fourth-order valence-electron chi connectivity index (χ4n) is 8.54. The van der Waals surface area contributed by atoms with Crippen LogP contribution < -0.4 is 5.11 Å². The largest absolute Gasteiger partial charge is 0.545 e. The maximum atomic E-state index is 12.9. The number of carbonyl (C=O) groups is 3. The second kappa shape index (κ2) is 63.2. The van der Waals surface area contributed by atoms with E-state index in [0.717, 1.165) is 128 Å². The molecule has 2 unspecified atom stereocenters. The van der Waals surface area contributed by atoms with E-state index in [9.17, 15) is 19.5 Å². The number of likely N-dealkylation sites (N-methyl/N-ethyl adjacent to an activating group) is 1. The molecule has 0 N–H and O–H groups in total. The molecule has 470 valence electrons. The van der Waals surface area contributed by atoms with Crippen LogP contribution in [0.2, 0.25) is 0 Å². The zero-order valence-electron chi connectivity index (χ0n) is 53.5. The quantitative estimate of drug-likeness (QED) is 0.0195. The average Bonchev–Trinajstić information content (AvgIpc) is 3.46. The van der Waals surface area contributed by atoms with Crippen molar-refractivity contribution in [2.75, 3.05) is 47.5 Å². The number of aliphatic carboxylic acids is 1. The number of carbonyl (C=O) groups excluding carboxylic acids is 3. The normalized spacial score (nSPS) is 13.7. The van der Waals surface area contributed by atoms with E-state index >= 15 is 0 Å². The number of allylic oxidation sites excluding steroid dienone is 24. The van der Waals surface area contributed by atoms with Crippen LogP contribution in [0.25, 0.3) is 0 Å². The lowest BCUT2D eigenvalue weighted by Crippen LogP contribution is -2.44. The van der Waals surface area contributed by atoms with Crippen molar-refractivity contribution in [1.82, 2.24) is 0 Å². The van der Waals surface area contributed by atoms with E-state index in [1.165, 1.54) is 83.5 Å². The summed E-state index contributed by atoms with van der Waals surface area (Å²) < 4.78 is 22.7. The van der Waals surface area contributed by atoms with Gasteiger partial charge in [0.05, 0.1) is 40.3 Å². The van der Waals surface area contributed by atoms with Crippen LogP contribution in [0.15, 0.2) is 146 Å². The third-order valence-corrected chi connectivity index (χ3v) is 13.6. The number of carboxylic acid groups (broad SMARTS) is 1. The molecule has 0 aromatic heterocycles. The van der Waals surface area contributed by atoms with Crippen LogP contribution in [-0.4, -0.2) is 82.3 Å². The molecular formula is C74H121NO8. The molecule has 0 bridgehead atoms. The lowest BCUT2D eigenvalue weighted by atomic mass is 10.1. The van der Waals surface area contributed by atoms with Crippen LogP contribution in [-0.2, 0) is 33.3 Å². The first-order valence-electron chi connectivity index (χ1n) is 33.0. The number of ether oxygens (including phenoxy) is 4. The van der Waals surface area contributed by atoms with Crippen molar-refractivity contribution >= 4 is 17.9 Å². The Labute approximate surface area is 509 Å². The van der Waals surface area contributed by atoms with Gasteiger partial charge in [-0.2, -0.15) is 0 Å². The Morgan fingerprint density at radius 3 is 1.04 bits per heavy atom. The molecule has 0 aliphatic heterocycles. The SMILES string of the molecule is CC/C=C\C/C=C\C/C=C\C/C=C\C/C=C\C/C=C\C/C=C\C/C=C\C/C=C\C/C=C\C/C=C\CCCCCCCCCC(=O)OC(COC(=O)CCCCCCCCC/C=C\CCCCCCCC)COC(OCC[N+](C)(C)C)C(=O)[O-]. The molecular weight excluding hydrogens is 1030 g/mol. The fourth-order valence-corrected chi connectivity index (χ4v) is 8.54. The van der Waals surface area contributed by atoms with Crippen LogP contribution >= 0.6 is 0 Å². The van der Waals surface area contributed by atoms with E-state index in [-0.39, 0.29) is 38.6 Å². The summed E-state index contributed by atoms with van der Waals surface area (Å²) in [6.07, 6.45) is 89.1. The first-order valence-corrected chi connectivity index (χ1v) is 33.0. The Morgan fingerprint density at radius 2 is 0.687 bits per heavy atom. The summed E-state index contributed by atoms with van der Waals surface area (Å²) in [5.41, 5.74) is 0. The second-order valence-electron chi connectivity index (χ2n) is 22.7.